The van der Waals surface area contributed by atoms with E-state index < -0.39 is 0 Å². The van der Waals surface area contributed by atoms with Crippen LogP contribution in [0.2, 0.25) is 0 Å². The summed E-state index contributed by atoms with van der Waals surface area (Å²) in [7, 11) is 0. The second-order valence-corrected chi connectivity index (χ2v) is 12.0. The van der Waals surface area contributed by atoms with Crippen LogP contribution in [-0.2, 0) is 16.2 Å². The zero-order valence-electron chi connectivity index (χ0n) is 23.1. The average molecular weight is 481 g/mol. The molecule has 0 saturated carbocycles. The molecule has 0 aliphatic carbocycles. The molecule has 0 bridgehead atoms. The van der Waals surface area contributed by atoms with Gasteiger partial charge in [0.25, 0.3) is 0 Å². The summed E-state index contributed by atoms with van der Waals surface area (Å²) in [5, 5.41) is 36.6. The summed E-state index contributed by atoms with van der Waals surface area (Å²) in [5.74, 6) is 0.589. The molecule has 3 aromatic carbocycles. The van der Waals surface area contributed by atoms with Gasteiger partial charge in [0.15, 0.2) is 11.5 Å². The first-order chi connectivity index (χ1) is 15.8. The standard InChI is InChI=1S/C11H16O.C10H14O2.C10H14O/c1-8-7-9(11(2,3)4)5-6-10(8)12;1-10(2,3)7-4-5-8(11)9(12)6-7;1-10(2,3)8-4-6-9(11)7-5-8/h5-7,12H,1-4H3;4-6,11-12H,1-3H3;4-7,11H,1-3H3. The van der Waals surface area contributed by atoms with Crippen LogP contribution in [0.4, 0.5) is 0 Å². The minimum absolute atomic E-state index is 0.00514. The van der Waals surface area contributed by atoms with Gasteiger partial charge in [0.1, 0.15) is 11.5 Å². The van der Waals surface area contributed by atoms with Gasteiger partial charge in [0.2, 0.25) is 0 Å². The van der Waals surface area contributed by atoms with E-state index in [0.29, 0.717) is 11.5 Å². The quantitative estimate of drug-likeness (QED) is 0.245. The van der Waals surface area contributed by atoms with Crippen molar-refractivity contribution in [3.05, 3.63) is 82.9 Å². The Balaban J connectivity index is 0.000000263. The normalized spacial score (nSPS) is 11.6. The molecule has 4 heteroatoms. The van der Waals surface area contributed by atoms with Crippen molar-refractivity contribution in [1.82, 2.24) is 0 Å². The molecule has 0 fully saturated rings. The SMILES string of the molecule is CC(C)(C)c1ccc(O)c(O)c1.CC(C)(C)c1ccc(O)cc1.Cc1cc(C(C)(C)C)ccc1O. The summed E-state index contributed by atoms with van der Waals surface area (Å²) in [4.78, 5) is 0. The number of phenols is 4. The lowest BCUT2D eigenvalue weighted by molar-refractivity contribution is 0.401. The number of hydrogen-bond acceptors (Lipinski definition) is 4. The third-order valence-electron chi connectivity index (χ3n) is 5.64. The highest BCUT2D eigenvalue weighted by Gasteiger charge is 2.15. The number of aromatic hydroxyl groups is 4. The van der Waals surface area contributed by atoms with Crippen LogP contribution in [0.25, 0.3) is 0 Å². The Kier molecular flexibility index (Phi) is 9.84. The molecule has 0 aliphatic heterocycles. The zero-order valence-corrected chi connectivity index (χ0v) is 23.1. The second kappa shape index (κ2) is 11.5. The van der Waals surface area contributed by atoms with E-state index in [1.165, 1.54) is 17.2 Å². The summed E-state index contributed by atoms with van der Waals surface area (Å²) >= 11 is 0. The van der Waals surface area contributed by atoms with E-state index in [1.807, 2.05) is 37.3 Å². The maximum Gasteiger partial charge on any atom is 0.157 e. The second-order valence-electron chi connectivity index (χ2n) is 12.0. The molecule has 0 atom stereocenters. The van der Waals surface area contributed by atoms with Crippen LogP contribution in [0.5, 0.6) is 23.0 Å². The fourth-order valence-electron chi connectivity index (χ4n) is 3.07. The van der Waals surface area contributed by atoms with Crippen molar-refractivity contribution in [3.8, 4) is 23.0 Å². The van der Waals surface area contributed by atoms with Crippen molar-refractivity contribution in [2.75, 3.05) is 0 Å². The smallest absolute Gasteiger partial charge is 0.157 e. The van der Waals surface area contributed by atoms with Crippen molar-refractivity contribution in [2.45, 2.75) is 85.5 Å². The molecule has 3 rings (SSSR count). The number of phenolic OH excluding ortho intramolecular Hbond substituents is 4. The van der Waals surface area contributed by atoms with Gasteiger partial charge >= 0.3 is 0 Å². The van der Waals surface area contributed by atoms with Crippen molar-refractivity contribution in [2.24, 2.45) is 0 Å². The fourth-order valence-corrected chi connectivity index (χ4v) is 3.07. The van der Waals surface area contributed by atoms with Crippen LogP contribution in [0.1, 0.15) is 84.6 Å². The van der Waals surface area contributed by atoms with E-state index in [-0.39, 0.29) is 27.7 Å². The highest BCUT2D eigenvalue weighted by Crippen LogP contribution is 2.31. The van der Waals surface area contributed by atoms with Gasteiger partial charge in [-0.1, -0.05) is 92.6 Å². The van der Waals surface area contributed by atoms with E-state index in [1.54, 1.807) is 24.3 Å². The van der Waals surface area contributed by atoms with Gasteiger partial charge in [-0.3, -0.25) is 0 Å². The monoisotopic (exact) mass is 480 g/mol. The van der Waals surface area contributed by atoms with Crippen molar-refractivity contribution in [3.63, 3.8) is 0 Å². The van der Waals surface area contributed by atoms with Crippen molar-refractivity contribution < 1.29 is 20.4 Å². The minimum Gasteiger partial charge on any atom is -0.508 e. The zero-order chi connectivity index (χ0) is 27.2. The maximum absolute atomic E-state index is 9.31. The summed E-state index contributed by atoms with van der Waals surface area (Å²) in [6.07, 6.45) is 0. The number of benzene rings is 3. The van der Waals surface area contributed by atoms with E-state index in [4.69, 9.17) is 10.2 Å². The summed E-state index contributed by atoms with van der Waals surface area (Å²) in [6.45, 7) is 21.0. The Morgan fingerprint density at radius 3 is 1.17 bits per heavy atom. The van der Waals surface area contributed by atoms with E-state index in [0.717, 1.165) is 11.1 Å². The first-order valence-corrected chi connectivity index (χ1v) is 11.9. The Labute approximate surface area is 211 Å². The molecule has 0 saturated heterocycles. The largest absolute Gasteiger partial charge is 0.508 e. The van der Waals surface area contributed by atoms with Gasteiger partial charge in [0.05, 0.1) is 0 Å². The predicted molar refractivity (Wildman–Crippen MR) is 147 cm³/mol. The molecule has 0 aromatic heterocycles. The minimum atomic E-state index is -0.0667. The first kappa shape index (κ1) is 29.9. The Morgan fingerprint density at radius 1 is 0.429 bits per heavy atom. The molecule has 0 unspecified atom stereocenters. The molecular weight excluding hydrogens is 436 g/mol. The number of rotatable bonds is 0. The molecule has 4 nitrogen and oxygen atoms in total. The molecule has 35 heavy (non-hydrogen) atoms. The van der Waals surface area contributed by atoms with Gasteiger partial charge in [-0.25, -0.2) is 0 Å². The van der Waals surface area contributed by atoms with Gasteiger partial charge in [-0.15, -0.1) is 0 Å². The maximum atomic E-state index is 9.31. The Morgan fingerprint density at radius 2 is 0.800 bits per heavy atom. The fraction of sp³-hybridized carbons (Fsp3) is 0.419. The Hall–Kier alpha value is -3.14. The molecule has 0 aliphatic rings. The molecular formula is C31H44O4. The lowest BCUT2D eigenvalue weighted by Gasteiger charge is -2.19. The molecule has 0 spiro atoms. The first-order valence-electron chi connectivity index (χ1n) is 11.9. The van der Waals surface area contributed by atoms with Crippen LogP contribution in [-0.4, -0.2) is 20.4 Å². The summed E-state index contributed by atoms with van der Waals surface area (Å²) in [6, 6.07) is 18.0. The van der Waals surface area contributed by atoms with Gasteiger partial charge < -0.3 is 20.4 Å². The van der Waals surface area contributed by atoms with E-state index in [2.05, 4.69) is 62.3 Å². The summed E-state index contributed by atoms with van der Waals surface area (Å²) in [5.41, 5.74) is 4.81. The highest BCUT2D eigenvalue weighted by atomic mass is 16.3. The number of aryl methyl sites for hydroxylation is 1. The van der Waals surface area contributed by atoms with Crippen molar-refractivity contribution in [1.29, 1.82) is 0 Å². The third-order valence-corrected chi connectivity index (χ3v) is 5.64. The molecule has 4 N–H and O–H groups in total. The van der Waals surface area contributed by atoms with E-state index >= 15 is 0 Å². The molecule has 0 amide bonds. The van der Waals surface area contributed by atoms with Crippen LogP contribution >= 0.6 is 0 Å². The van der Waals surface area contributed by atoms with Crippen LogP contribution in [0, 0.1) is 6.92 Å². The van der Waals surface area contributed by atoms with Crippen molar-refractivity contribution >= 4 is 0 Å². The average Bonchev–Trinajstić information content (AvgIpc) is 2.71. The van der Waals surface area contributed by atoms with Gasteiger partial charge in [0, 0.05) is 0 Å². The van der Waals surface area contributed by atoms with Crippen LogP contribution in [0.15, 0.2) is 60.7 Å². The molecule has 192 valence electrons. The Bertz CT molecular complexity index is 1020. The predicted octanol–water partition coefficient (Wildman–Crippen LogP) is 8.08. The van der Waals surface area contributed by atoms with Gasteiger partial charge in [-0.2, -0.15) is 0 Å². The molecule has 0 heterocycles. The van der Waals surface area contributed by atoms with Crippen LogP contribution < -0.4 is 0 Å². The topological polar surface area (TPSA) is 80.9 Å². The molecule has 3 aromatic rings. The highest BCUT2D eigenvalue weighted by molar-refractivity contribution is 5.42. The van der Waals surface area contributed by atoms with E-state index in [9.17, 15) is 10.2 Å². The lowest BCUT2D eigenvalue weighted by Crippen LogP contribution is -2.10. The molecule has 0 radical (unpaired) electrons. The lowest BCUT2D eigenvalue weighted by atomic mass is 9.86. The number of hydrogen-bond donors (Lipinski definition) is 4. The third kappa shape index (κ3) is 9.94. The van der Waals surface area contributed by atoms with Crippen LogP contribution in [0.3, 0.4) is 0 Å². The van der Waals surface area contributed by atoms with Gasteiger partial charge in [-0.05, 0) is 75.8 Å². The summed E-state index contributed by atoms with van der Waals surface area (Å²) < 4.78 is 0.